The van der Waals surface area contributed by atoms with E-state index in [1.165, 1.54) is 11.7 Å². The first-order chi connectivity index (χ1) is 10.1. The third-order valence-electron chi connectivity index (χ3n) is 2.90. The van der Waals surface area contributed by atoms with Gasteiger partial charge in [0, 0.05) is 18.7 Å². The molecule has 1 amide bonds. The summed E-state index contributed by atoms with van der Waals surface area (Å²) in [5.74, 6) is -1.17. The lowest BCUT2D eigenvalue weighted by Crippen LogP contribution is -2.45. The summed E-state index contributed by atoms with van der Waals surface area (Å²) in [5.41, 5.74) is 0.706. The van der Waals surface area contributed by atoms with Crippen molar-refractivity contribution in [1.29, 1.82) is 0 Å². The maximum Gasteiger partial charge on any atom is 0.328 e. The molecular weight excluding hydrogens is 276 g/mol. The molecule has 0 fully saturated rings. The minimum atomic E-state index is -1.17. The molecule has 0 aliphatic rings. The van der Waals surface area contributed by atoms with Crippen LogP contribution in [0, 0.1) is 0 Å². The molecule has 1 atom stereocenters. The van der Waals surface area contributed by atoms with Crippen LogP contribution in [0.15, 0.2) is 36.5 Å². The number of hydrogen-bond donors (Lipinski definition) is 2. The van der Waals surface area contributed by atoms with Gasteiger partial charge in [-0.3, -0.25) is 4.57 Å². The SMILES string of the molecule is COCOCC(NC(=O)n1ccc2ccccc21)C(=O)O. The number of methoxy groups -OCH3 is 1. The first-order valence-corrected chi connectivity index (χ1v) is 6.30. The van der Waals surface area contributed by atoms with Crippen LogP contribution in [0.25, 0.3) is 10.9 Å². The molecule has 0 bridgehead atoms. The van der Waals surface area contributed by atoms with Gasteiger partial charge in [-0.15, -0.1) is 0 Å². The molecule has 0 aliphatic carbocycles. The number of carboxylic acids is 1. The van der Waals surface area contributed by atoms with Gasteiger partial charge in [-0.05, 0) is 12.1 Å². The Morgan fingerprint density at radius 1 is 1.33 bits per heavy atom. The van der Waals surface area contributed by atoms with E-state index in [0.29, 0.717) is 5.52 Å². The van der Waals surface area contributed by atoms with E-state index in [9.17, 15) is 9.59 Å². The number of fused-ring (bicyclic) bond motifs is 1. The standard InChI is InChI=1S/C14H16N2O5/c1-20-9-21-8-11(13(17)18)15-14(19)16-7-6-10-4-2-3-5-12(10)16/h2-7,11H,8-9H2,1H3,(H,15,19)(H,17,18). The van der Waals surface area contributed by atoms with Gasteiger partial charge in [-0.2, -0.15) is 0 Å². The van der Waals surface area contributed by atoms with Gasteiger partial charge in [-0.1, -0.05) is 18.2 Å². The molecule has 0 saturated carbocycles. The molecule has 1 aromatic heterocycles. The Morgan fingerprint density at radius 3 is 2.81 bits per heavy atom. The molecule has 2 aromatic rings. The van der Waals surface area contributed by atoms with Crippen LogP contribution < -0.4 is 5.32 Å². The van der Waals surface area contributed by atoms with Crippen molar-refractivity contribution in [1.82, 2.24) is 9.88 Å². The summed E-state index contributed by atoms with van der Waals surface area (Å²) in [5, 5.41) is 12.4. The van der Waals surface area contributed by atoms with E-state index in [1.54, 1.807) is 18.3 Å². The summed E-state index contributed by atoms with van der Waals surface area (Å²) in [4.78, 5) is 23.3. The van der Waals surface area contributed by atoms with Crippen molar-refractivity contribution in [2.45, 2.75) is 6.04 Å². The zero-order valence-electron chi connectivity index (χ0n) is 11.5. The second-order valence-electron chi connectivity index (χ2n) is 4.36. The molecule has 112 valence electrons. The lowest BCUT2D eigenvalue weighted by atomic mass is 10.2. The largest absolute Gasteiger partial charge is 0.480 e. The summed E-state index contributed by atoms with van der Waals surface area (Å²) < 4.78 is 11.0. The van der Waals surface area contributed by atoms with Crippen molar-refractivity contribution >= 4 is 22.9 Å². The maximum absolute atomic E-state index is 12.2. The van der Waals surface area contributed by atoms with E-state index in [2.05, 4.69) is 10.1 Å². The number of carbonyl (C=O) groups is 2. The summed E-state index contributed by atoms with van der Waals surface area (Å²) in [6.45, 7) is -0.208. The highest BCUT2D eigenvalue weighted by Crippen LogP contribution is 2.14. The van der Waals surface area contributed by atoms with Crippen LogP contribution in [-0.2, 0) is 14.3 Å². The number of amides is 1. The van der Waals surface area contributed by atoms with E-state index in [4.69, 9.17) is 9.84 Å². The van der Waals surface area contributed by atoms with Gasteiger partial charge in [0.15, 0.2) is 6.04 Å². The lowest BCUT2D eigenvalue weighted by Gasteiger charge is -2.15. The molecule has 1 unspecified atom stereocenters. The third-order valence-corrected chi connectivity index (χ3v) is 2.90. The van der Waals surface area contributed by atoms with Crippen LogP contribution in [0.1, 0.15) is 0 Å². The molecule has 1 heterocycles. The van der Waals surface area contributed by atoms with Crippen molar-refractivity contribution < 1.29 is 24.2 Å². The number of ether oxygens (including phenoxy) is 2. The van der Waals surface area contributed by atoms with Crippen molar-refractivity contribution in [2.75, 3.05) is 20.5 Å². The van der Waals surface area contributed by atoms with Crippen molar-refractivity contribution in [3.63, 3.8) is 0 Å². The number of nitrogens with one attached hydrogen (secondary N) is 1. The van der Waals surface area contributed by atoms with E-state index in [-0.39, 0.29) is 13.4 Å². The van der Waals surface area contributed by atoms with Gasteiger partial charge in [0.25, 0.3) is 0 Å². The summed E-state index contributed by atoms with van der Waals surface area (Å²) in [6, 6.07) is 7.44. The van der Waals surface area contributed by atoms with Gasteiger partial charge in [0.05, 0.1) is 12.1 Å². The van der Waals surface area contributed by atoms with Crippen LogP contribution in [0.5, 0.6) is 0 Å². The molecule has 0 spiro atoms. The zero-order chi connectivity index (χ0) is 15.2. The smallest absolute Gasteiger partial charge is 0.328 e. The molecule has 0 radical (unpaired) electrons. The van der Waals surface area contributed by atoms with E-state index in [0.717, 1.165) is 5.39 Å². The summed E-state index contributed by atoms with van der Waals surface area (Å²) in [6.07, 6.45) is 1.59. The number of benzene rings is 1. The fourth-order valence-electron chi connectivity index (χ4n) is 1.90. The second kappa shape index (κ2) is 6.87. The number of para-hydroxylation sites is 1. The molecule has 2 N–H and O–H groups in total. The van der Waals surface area contributed by atoms with Gasteiger partial charge >= 0.3 is 12.0 Å². The van der Waals surface area contributed by atoms with Crippen LogP contribution in [0.3, 0.4) is 0 Å². The first kappa shape index (κ1) is 15.0. The third kappa shape index (κ3) is 3.59. The molecule has 2 rings (SSSR count). The number of rotatable bonds is 6. The molecule has 21 heavy (non-hydrogen) atoms. The van der Waals surface area contributed by atoms with E-state index in [1.807, 2.05) is 18.2 Å². The van der Waals surface area contributed by atoms with Crippen molar-refractivity contribution in [3.05, 3.63) is 36.5 Å². The highest BCUT2D eigenvalue weighted by atomic mass is 16.7. The van der Waals surface area contributed by atoms with Gasteiger partial charge in [-0.25, -0.2) is 9.59 Å². The Morgan fingerprint density at radius 2 is 2.10 bits per heavy atom. The fourth-order valence-corrected chi connectivity index (χ4v) is 1.90. The van der Waals surface area contributed by atoms with Crippen LogP contribution in [-0.4, -0.2) is 48.2 Å². The molecule has 1 aromatic carbocycles. The topological polar surface area (TPSA) is 89.8 Å². The molecule has 0 aliphatic heterocycles. The lowest BCUT2D eigenvalue weighted by molar-refractivity contribution is -0.142. The van der Waals surface area contributed by atoms with Gasteiger partial charge in [0.1, 0.15) is 6.79 Å². The van der Waals surface area contributed by atoms with Crippen LogP contribution in [0.2, 0.25) is 0 Å². The zero-order valence-corrected chi connectivity index (χ0v) is 11.5. The predicted octanol–water partition coefficient (Wildman–Crippen LogP) is 1.27. The summed E-state index contributed by atoms with van der Waals surface area (Å²) in [7, 11) is 1.43. The number of carbonyl (C=O) groups excluding carboxylic acids is 1. The van der Waals surface area contributed by atoms with Crippen LogP contribution >= 0.6 is 0 Å². The quantitative estimate of drug-likeness (QED) is 0.618. The van der Waals surface area contributed by atoms with Gasteiger partial charge < -0.3 is 19.9 Å². The average Bonchev–Trinajstić information content (AvgIpc) is 2.90. The molecule has 0 saturated heterocycles. The number of carboxylic acid groups (broad SMARTS) is 1. The Bertz CT molecular complexity index is 637. The van der Waals surface area contributed by atoms with Crippen LogP contribution in [0.4, 0.5) is 4.79 Å². The van der Waals surface area contributed by atoms with Crippen molar-refractivity contribution in [3.8, 4) is 0 Å². The number of hydrogen-bond acceptors (Lipinski definition) is 4. The Kier molecular flexibility index (Phi) is 4.91. The Balaban J connectivity index is 2.09. The predicted molar refractivity (Wildman–Crippen MR) is 75.1 cm³/mol. The Labute approximate surface area is 121 Å². The highest BCUT2D eigenvalue weighted by Gasteiger charge is 2.21. The average molecular weight is 292 g/mol. The molecular formula is C14H16N2O5. The van der Waals surface area contributed by atoms with E-state index < -0.39 is 18.0 Å². The minimum Gasteiger partial charge on any atom is -0.480 e. The number of nitrogens with zero attached hydrogens (tertiary/aromatic N) is 1. The second-order valence-corrected chi connectivity index (χ2v) is 4.36. The normalized spacial score (nSPS) is 12.2. The van der Waals surface area contributed by atoms with E-state index >= 15 is 0 Å². The van der Waals surface area contributed by atoms with Gasteiger partial charge in [0.2, 0.25) is 0 Å². The Hall–Kier alpha value is -2.38. The summed E-state index contributed by atoms with van der Waals surface area (Å²) >= 11 is 0. The highest BCUT2D eigenvalue weighted by molar-refractivity contribution is 5.93. The monoisotopic (exact) mass is 292 g/mol. The fraction of sp³-hybridized carbons (Fsp3) is 0.286. The maximum atomic E-state index is 12.2. The number of aliphatic carboxylic acids is 1. The van der Waals surface area contributed by atoms with Crippen molar-refractivity contribution in [2.24, 2.45) is 0 Å². The minimum absolute atomic E-state index is 0.0356. The molecule has 7 nitrogen and oxygen atoms in total. The number of aromatic nitrogens is 1. The molecule has 7 heteroatoms. The first-order valence-electron chi connectivity index (χ1n) is 6.30.